The molecule has 1 aromatic heterocycles. The number of ether oxygens (including phenoxy) is 1. The molecule has 6 N–H and O–H groups in total. The number of aromatic nitrogens is 1. The van der Waals surface area contributed by atoms with Gasteiger partial charge in [-0.3, -0.25) is 10.1 Å². The Morgan fingerprint density at radius 3 is 2.49 bits per heavy atom. The number of aromatic hydroxyl groups is 1. The third kappa shape index (κ3) is 6.47. The highest BCUT2D eigenvalue weighted by Crippen LogP contribution is 2.29. The summed E-state index contributed by atoms with van der Waals surface area (Å²) < 4.78 is 5.89. The Morgan fingerprint density at radius 2 is 1.71 bits per heavy atom. The molecule has 1 heterocycles. The van der Waals surface area contributed by atoms with Gasteiger partial charge in [-0.2, -0.15) is 0 Å². The summed E-state index contributed by atoms with van der Waals surface area (Å²) in [5, 5.41) is 37.0. The summed E-state index contributed by atoms with van der Waals surface area (Å²) in [4.78, 5) is 13.9. The van der Waals surface area contributed by atoms with Crippen molar-refractivity contribution in [3.05, 3.63) is 92.6 Å². The molecular formula is C26H29N3O5S. The summed E-state index contributed by atoms with van der Waals surface area (Å²) in [5.41, 5.74) is 4.19. The molecule has 9 heteroatoms. The predicted molar refractivity (Wildman–Crippen MR) is 137 cm³/mol. The topological polar surface area (TPSA) is 127 Å². The number of fused-ring (bicyclic) bond motifs is 1. The third-order valence-corrected chi connectivity index (χ3v) is 6.72. The molecule has 0 unspecified atom stereocenters. The molecule has 4 rings (SSSR count). The zero-order chi connectivity index (χ0) is 24.8. The van der Waals surface area contributed by atoms with Gasteiger partial charge in [0.15, 0.2) is 0 Å². The standard InChI is InChI=1S/C26H29N3O5S/c1-34-22-5-3-2-4-20(22)16-27-15-18-8-6-17(7-9-18)12-13-28-26(32,33)14-19-10-11-21(30)23-24(19)35-25(31)29-23/h2-11,27-28,30,32-33H,12-16H2,1H3,(H,29,31). The monoisotopic (exact) mass is 495 g/mol. The van der Waals surface area contributed by atoms with Crippen LogP contribution in [0.3, 0.4) is 0 Å². The van der Waals surface area contributed by atoms with E-state index in [1.54, 1.807) is 13.2 Å². The molecule has 0 fully saturated rings. The molecule has 0 saturated heterocycles. The van der Waals surface area contributed by atoms with Crippen LogP contribution in [-0.4, -0.2) is 39.9 Å². The lowest BCUT2D eigenvalue weighted by Crippen LogP contribution is -2.47. The molecule has 3 aromatic carbocycles. The van der Waals surface area contributed by atoms with Crippen molar-refractivity contribution < 1.29 is 20.1 Å². The van der Waals surface area contributed by atoms with E-state index >= 15 is 0 Å². The molecule has 0 aliphatic carbocycles. The molecule has 0 aliphatic heterocycles. The fraction of sp³-hybridized carbons (Fsp3) is 0.269. The molecule has 0 bridgehead atoms. The SMILES string of the molecule is COc1ccccc1CNCc1ccc(CCNC(O)(O)Cc2ccc(O)c3[nH]c(=O)sc23)cc1. The second kappa shape index (κ2) is 11.0. The summed E-state index contributed by atoms with van der Waals surface area (Å²) in [5.74, 6) is -1.33. The van der Waals surface area contributed by atoms with Gasteiger partial charge in [0.1, 0.15) is 17.0 Å². The molecule has 184 valence electrons. The van der Waals surface area contributed by atoms with E-state index in [1.165, 1.54) is 6.07 Å². The van der Waals surface area contributed by atoms with E-state index in [2.05, 4.69) is 27.8 Å². The van der Waals surface area contributed by atoms with Gasteiger partial charge in [0, 0.05) is 31.6 Å². The van der Waals surface area contributed by atoms with E-state index in [0.717, 1.165) is 40.3 Å². The first kappa shape index (κ1) is 24.9. The maximum atomic E-state index is 11.7. The Labute approximate surface area is 206 Å². The van der Waals surface area contributed by atoms with Gasteiger partial charge in [-0.15, -0.1) is 0 Å². The van der Waals surface area contributed by atoms with Crippen LogP contribution < -0.4 is 20.2 Å². The van der Waals surface area contributed by atoms with Gasteiger partial charge in [0.05, 0.1) is 11.8 Å². The normalized spacial score (nSPS) is 11.7. The summed E-state index contributed by atoms with van der Waals surface area (Å²) in [6.07, 6.45) is 0.481. The first-order valence-corrected chi connectivity index (χ1v) is 12.1. The smallest absolute Gasteiger partial charge is 0.305 e. The fourth-order valence-electron chi connectivity index (χ4n) is 3.96. The van der Waals surface area contributed by atoms with Crippen LogP contribution >= 0.6 is 11.3 Å². The average molecular weight is 496 g/mol. The van der Waals surface area contributed by atoms with E-state index in [9.17, 15) is 20.1 Å². The largest absolute Gasteiger partial charge is 0.506 e. The minimum absolute atomic E-state index is 0.0463. The van der Waals surface area contributed by atoms with Gasteiger partial charge < -0.3 is 30.4 Å². The van der Waals surface area contributed by atoms with Crippen molar-refractivity contribution in [3.8, 4) is 11.5 Å². The van der Waals surface area contributed by atoms with Crippen LogP contribution in [0.2, 0.25) is 0 Å². The van der Waals surface area contributed by atoms with Gasteiger partial charge in [-0.05, 0) is 35.2 Å². The van der Waals surface area contributed by atoms with Crippen molar-refractivity contribution in [1.82, 2.24) is 15.6 Å². The van der Waals surface area contributed by atoms with E-state index in [1.807, 2.05) is 36.4 Å². The van der Waals surface area contributed by atoms with Crippen LogP contribution in [0.15, 0.2) is 65.5 Å². The Kier molecular flexibility index (Phi) is 7.84. The van der Waals surface area contributed by atoms with Crippen molar-refractivity contribution in [2.45, 2.75) is 31.8 Å². The lowest BCUT2D eigenvalue weighted by molar-refractivity contribution is -0.183. The number of H-pyrrole nitrogens is 1. The molecule has 0 atom stereocenters. The molecule has 0 spiro atoms. The van der Waals surface area contributed by atoms with Gasteiger partial charge in [-0.25, -0.2) is 0 Å². The number of hydrogen-bond donors (Lipinski definition) is 6. The van der Waals surface area contributed by atoms with Gasteiger partial charge in [0.25, 0.3) is 0 Å². The van der Waals surface area contributed by atoms with Crippen LogP contribution in [0.4, 0.5) is 0 Å². The molecule has 0 aliphatic rings. The Hall–Kier alpha value is -3.21. The highest BCUT2D eigenvalue weighted by atomic mass is 32.1. The fourth-order valence-corrected chi connectivity index (χ4v) is 4.83. The van der Waals surface area contributed by atoms with Gasteiger partial charge in [0.2, 0.25) is 5.91 Å². The number of aliphatic hydroxyl groups is 2. The molecule has 0 saturated carbocycles. The zero-order valence-corrected chi connectivity index (χ0v) is 20.2. The number of rotatable bonds is 11. The zero-order valence-electron chi connectivity index (χ0n) is 19.4. The Bertz CT molecular complexity index is 1330. The third-order valence-electron chi connectivity index (χ3n) is 5.76. The molecular weight excluding hydrogens is 466 g/mol. The van der Waals surface area contributed by atoms with Crippen LogP contribution in [0.25, 0.3) is 10.2 Å². The highest BCUT2D eigenvalue weighted by molar-refractivity contribution is 7.16. The summed E-state index contributed by atoms with van der Waals surface area (Å²) in [6.45, 7) is 1.78. The molecule has 35 heavy (non-hydrogen) atoms. The number of hydrogen-bond acceptors (Lipinski definition) is 8. The Balaban J connectivity index is 1.26. The number of phenolic OH excluding ortho intramolecular Hbond substituents is 1. The molecule has 0 amide bonds. The number of nitrogens with one attached hydrogen (secondary N) is 3. The number of benzene rings is 3. The summed E-state index contributed by atoms with van der Waals surface area (Å²) in [7, 11) is 1.67. The second-order valence-corrected chi connectivity index (χ2v) is 9.35. The number of phenols is 1. The number of para-hydroxylation sites is 1. The van der Waals surface area contributed by atoms with Crippen molar-refractivity contribution in [2.24, 2.45) is 0 Å². The first-order valence-electron chi connectivity index (χ1n) is 11.3. The molecule has 4 aromatic rings. The van der Waals surface area contributed by atoms with Crippen molar-refractivity contribution in [3.63, 3.8) is 0 Å². The summed E-state index contributed by atoms with van der Waals surface area (Å²) >= 11 is 0.929. The number of aromatic amines is 1. The van der Waals surface area contributed by atoms with Crippen molar-refractivity contribution in [2.75, 3.05) is 13.7 Å². The number of thiazole rings is 1. The first-order chi connectivity index (χ1) is 16.8. The van der Waals surface area contributed by atoms with Crippen molar-refractivity contribution >= 4 is 21.6 Å². The average Bonchev–Trinajstić information content (AvgIpc) is 3.25. The molecule has 8 nitrogen and oxygen atoms in total. The predicted octanol–water partition coefficient (Wildman–Crippen LogP) is 2.61. The van der Waals surface area contributed by atoms with E-state index in [-0.39, 0.29) is 17.0 Å². The summed E-state index contributed by atoms with van der Waals surface area (Å²) in [6, 6.07) is 19.1. The van der Waals surface area contributed by atoms with Crippen LogP contribution in [-0.2, 0) is 25.9 Å². The quantitative estimate of drug-likeness (QED) is 0.177. The van der Waals surface area contributed by atoms with Crippen molar-refractivity contribution in [1.29, 1.82) is 0 Å². The lowest BCUT2D eigenvalue weighted by atomic mass is 10.1. The Morgan fingerprint density at radius 1 is 0.971 bits per heavy atom. The lowest BCUT2D eigenvalue weighted by Gasteiger charge is -2.23. The van der Waals surface area contributed by atoms with Crippen LogP contribution in [0, 0.1) is 0 Å². The highest BCUT2D eigenvalue weighted by Gasteiger charge is 2.25. The van der Waals surface area contributed by atoms with E-state index in [4.69, 9.17) is 4.74 Å². The van der Waals surface area contributed by atoms with Gasteiger partial charge >= 0.3 is 4.87 Å². The molecule has 0 radical (unpaired) electrons. The maximum Gasteiger partial charge on any atom is 0.305 e. The van der Waals surface area contributed by atoms with Crippen LogP contribution in [0.1, 0.15) is 22.3 Å². The van der Waals surface area contributed by atoms with E-state index in [0.29, 0.717) is 35.3 Å². The van der Waals surface area contributed by atoms with E-state index < -0.39 is 5.91 Å². The second-order valence-electron chi connectivity index (χ2n) is 8.36. The maximum absolute atomic E-state index is 11.7. The minimum atomic E-state index is -2.15. The number of methoxy groups -OCH3 is 1. The van der Waals surface area contributed by atoms with Crippen LogP contribution in [0.5, 0.6) is 11.5 Å². The minimum Gasteiger partial charge on any atom is -0.506 e. The van der Waals surface area contributed by atoms with Gasteiger partial charge in [-0.1, -0.05) is 59.9 Å².